The van der Waals surface area contributed by atoms with E-state index in [0.29, 0.717) is 5.56 Å². The number of Topliss-reactive ketones (excluding diaryl/α,β-unsaturated/α-hetero) is 1. The van der Waals surface area contributed by atoms with Crippen LogP contribution in [0.15, 0.2) is 58.6 Å². The quantitative estimate of drug-likeness (QED) is 0.480. The van der Waals surface area contributed by atoms with Crippen molar-refractivity contribution in [2.45, 2.75) is 6.04 Å². The Kier molecular flexibility index (Phi) is 4.00. The minimum Gasteiger partial charge on any atom is -0.507 e. The van der Waals surface area contributed by atoms with Crippen molar-refractivity contribution < 1.29 is 19.1 Å². The summed E-state index contributed by atoms with van der Waals surface area (Å²) in [6, 6.07) is 11.4. The third kappa shape index (κ3) is 2.77. The van der Waals surface area contributed by atoms with E-state index in [9.17, 15) is 19.1 Å². The van der Waals surface area contributed by atoms with Gasteiger partial charge in [-0.3, -0.25) is 9.59 Å². The molecule has 1 aliphatic rings. The molecule has 2 aromatic carbocycles. The number of halogens is 2. The molecule has 4 nitrogen and oxygen atoms in total. The van der Waals surface area contributed by atoms with Gasteiger partial charge in [0.15, 0.2) is 0 Å². The van der Waals surface area contributed by atoms with Crippen molar-refractivity contribution in [3.05, 3.63) is 75.5 Å². The smallest absolute Gasteiger partial charge is 0.293 e. The number of nitrogens with one attached hydrogen (secondary N) is 1. The van der Waals surface area contributed by atoms with Crippen LogP contribution in [-0.4, -0.2) is 16.8 Å². The molecule has 0 aliphatic carbocycles. The highest BCUT2D eigenvalue weighted by Gasteiger charge is 2.40. The van der Waals surface area contributed by atoms with E-state index < -0.39 is 23.5 Å². The van der Waals surface area contributed by atoms with Gasteiger partial charge < -0.3 is 10.4 Å². The average Bonchev–Trinajstić information content (AvgIpc) is 2.83. The molecule has 3 rings (SSSR count). The first-order chi connectivity index (χ1) is 11.0. The lowest BCUT2D eigenvalue weighted by Gasteiger charge is -2.14. The molecule has 1 fully saturated rings. The topological polar surface area (TPSA) is 66.4 Å². The Balaban J connectivity index is 2.15. The van der Waals surface area contributed by atoms with Crippen LogP contribution in [-0.2, 0) is 9.59 Å². The van der Waals surface area contributed by atoms with Gasteiger partial charge in [-0.2, -0.15) is 0 Å². The van der Waals surface area contributed by atoms with Gasteiger partial charge in [0.25, 0.3) is 11.7 Å². The van der Waals surface area contributed by atoms with Gasteiger partial charge in [0.05, 0.1) is 11.6 Å². The van der Waals surface area contributed by atoms with E-state index in [2.05, 4.69) is 21.2 Å². The normalized spacial score (nSPS) is 19.7. The Morgan fingerprint density at radius 2 is 1.74 bits per heavy atom. The molecule has 0 aromatic heterocycles. The van der Waals surface area contributed by atoms with Crippen LogP contribution in [0, 0.1) is 5.82 Å². The molecule has 2 aromatic rings. The molecule has 0 spiro atoms. The number of rotatable bonds is 2. The van der Waals surface area contributed by atoms with Crippen molar-refractivity contribution in [2.24, 2.45) is 0 Å². The second-order valence-corrected chi connectivity index (χ2v) is 5.94. The second-order valence-electron chi connectivity index (χ2n) is 5.03. The fourth-order valence-electron chi connectivity index (χ4n) is 2.47. The summed E-state index contributed by atoms with van der Waals surface area (Å²) in [5, 5.41) is 12.9. The number of hydrogen-bond acceptors (Lipinski definition) is 3. The minimum atomic E-state index is -1.01. The van der Waals surface area contributed by atoms with Crippen LogP contribution in [0.2, 0.25) is 0 Å². The number of aliphatic hydroxyl groups excluding tert-OH is 1. The summed E-state index contributed by atoms with van der Waals surface area (Å²) in [5.74, 6) is -2.63. The van der Waals surface area contributed by atoms with Gasteiger partial charge in [-0.25, -0.2) is 4.39 Å². The molecular formula is C17H11BrFNO3. The van der Waals surface area contributed by atoms with Gasteiger partial charge in [-0.1, -0.05) is 46.3 Å². The van der Waals surface area contributed by atoms with Crippen LogP contribution in [0.1, 0.15) is 17.2 Å². The van der Waals surface area contributed by atoms with Crippen molar-refractivity contribution in [2.75, 3.05) is 0 Å². The first-order valence-corrected chi connectivity index (χ1v) is 7.57. The van der Waals surface area contributed by atoms with E-state index in [-0.39, 0.29) is 16.9 Å². The predicted molar refractivity (Wildman–Crippen MR) is 86.0 cm³/mol. The van der Waals surface area contributed by atoms with Crippen LogP contribution in [0.3, 0.4) is 0 Å². The number of carbonyl (C=O) groups is 2. The maximum absolute atomic E-state index is 14.0. The third-order valence-corrected chi connectivity index (χ3v) is 4.13. The summed E-state index contributed by atoms with van der Waals surface area (Å²) in [6.07, 6.45) is 0. The molecule has 1 heterocycles. The van der Waals surface area contributed by atoms with Crippen molar-refractivity contribution in [1.29, 1.82) is 0 Å². The largest absolute Gasteiger partial charge is 0.507 e. The van der Waals surface area contributed by atoms with Crippen molar-refractivity contribution >= 4 is 33.4 Å². The highest BCUT2D eigenvalue weighted by molar-refractivity contribution is 9.10. The molecule has 6 heteroatoms. The van der Waals surface area contributed by atoms with Crippen LogP contribution < -0.4 is 5.32 Å². The van der Waals surface area contributed by atoms with Crippen molar-refractivity contribution in [3.8, 4) is 0 Å². The monoisotopic (exact) mass is 375 g/mol. The lowest BCUT2D eigenvalue weighted by molar-refractivity contribution is -0.133. The van der Waals surface area contributed by atoms with Gasteiger partial charge >= 0.3 is 0 Å². The lowest BCUT2D eigenvalue weighted by atomic mass is 9.95. The molecule has 2 N–H and O–H groups in total. The number of amides is 1. The maximum atomic E-state index is 14.0. The molecule has 1 amide bonds. The van der Waals surface area contributed by atoms with E-state index in [1.807, 2.05) is 0 Å². The number of benzene rings is 2. The second kappa shape index (κ2) is 5.96. The lowest BCUT2D eigenvalue weighted by Crippen LogP contribution is -2.21. The summed E-state index contributed by atoms with van der Waals surface area (Å²) < 4.78 is 14.8. The third-order valence-electron chi connectivity index (χ3n) is 3.60. The predicted octanol–water partition coefficient (Wildman–Crippen LogP) is 3.30. The highest BCUT2D eigenvalue weighted by Crippen LogP contribution is 2.34. The molecule has 1 saturated heterocycles. The standard InChI is InChI=1S/C17H11BrFNO3/c18-10-7-5-9(6-8-10)15(21)13-14(20-17(23)16(13)22)11-3-1-2-4-12(11)19/h1-8,14,21H,(H,20,23)/b15-13+. The number of aliphatic hydroxyl groups is 1. The summed E-state index contributed by atoms with van der Waals surface area (Å²) in [7, 11) is 0. The zero-order chi connectivity index (χ0) is 16.6. The van der Waals surface area contributed by atoms with Gasteiger partial charge in [0.2, 0.25) is 0 Å². The molecule has 0 saturated carbocycles. The van der Waals surface area contributed by atoms with Gasteiger partial charge in [-0.15, -0.1) is 0 Å². The number of hydrogen-bond donors (Lipinski definition) is 2. The zero-order valence-corrected chi connectivity index (χ0v) is 13.3. The van der Waals surface area contributed by atoms with Crippen LogP contribution in [0.25, 0.3) is 5.76 Å². The van der Waals surface area contributed by atoms with Crippen molar-refractivity contribution in [3.63, 3.8) is 0 Å². The molecule has 116 valence electrons. The zero-order valence-electron chi connectivity index (χ0n) is 11.7. The van der Waals surface area contributed by atoms with E-state index in [1.165, 1.54) is 18.2 Å². The fourth-order valence-corrected chi connectivity index (χ4v) is 2.74. The van der Waals surface area contributed by atoms with Crippen LogP contribution >= 0.6 is 15.9 Å². The summed E-state index contributed by atoms with van der Waals surface area (Å²) in [4.78, 5) is 23.9. The summed E-state index contributed by atoms with van der Waals surface area (Å²) >= 11 is 3.28. The van der Waals surface area contributed by atoms with Gasteiger partial charge in [-0.05, 0) is 18.2 Å². The van der Waals surface area contributed by atoms with Gasteiger partial charge in [0.1, 0.15) is 11.6 Å². The molecule has 1 unspecified atom stereocenters. The van der Waals surface area contributed by atoms with E-state index >= 15 is 0 Å². The highest BCUT2D eigenvalue weighted by atomic mass is 79.9. The van der Waals surface area contributed by atoms with Gasteiger partial charge in [0, 0.05) is 15.6 Å². The maximum Gasteiger partial charge on any atom is 0.293 e. The number of carbonyl (C=O) groups excluding carboxylic acids is 2. The molecular weight excluding hydrogens is 365 g/mol. The molecule has 0 bridgehead atoms. The number of ketones is 1. The molecule has 23 heavy (non-hydrogen) atoms. The Hall–Kier alpha value is -2.47. The SMILES string of the molecule is O=C1NC(c2ccccc2F)/C(=C(\O)c2ccc(Br)cc2)C1=O. The first-order valence-electron chi connectivity index (χ1n) is 6.77. The fraction of sp³-hybridized carbons (Fsp3) is 0.0588. The van der Waals surface area contributed by atoms with E-state index in [0.717, 1.165) is 4.47 Å². The first kappa shape index (κ1) is 15.4. The van der Waals surface area contributed by atoms with E-state index in [1.54, 1.807) is 30.3 Å². The molecule has 1 aliphatic heterocycles. The molecule has 1 atom stereocenters. The summed E-state index contributed by atoms with van der Waals surface area (Å²) in [6.45, 7) is 0. The Morgan fingerprint density at radius 1 is 1.09 bits per heavy atom. The minimum absolute atomic E-state index is 0.130. The average molecular weight is 376 g/mol. The Morgan fingerprint density at radius 3 is 2.39 bits per heavy atom. The van der Waals surface area contributed by atoms with Crippen LogP contribution in [0.4, 0.5) is 4.39 Å². The van der Waals surface area contributed by atoms with Crippen molar-refractivity contribution in [1.82, 2.24) is 5.32 Å². The Labute approximate surface area is 139 Å². The van der Waals surface area contributed by atoms with Crippen LogP contribution in [0.5, 0.6) is 0 Å². The Bertz CT molecular complexity index is 830. The molecule has 0 radical (unpaired) electrons. The summed E-state index contributed by atoms with van der Waals surface area (Å²) in [5.41, 5.74) is 0.349. The van der Waals surface area contributed by atoms with E-state index in [4.69, 9.17) is 0 Å².